The summed E-state index contributed by atoms with van der Waals surface area (Å²) in [4.78, 5) is 14.0. The second kappa shape index (κ2) is 6.34. The normalized spacial score (nSPS) is 18.9. The zero-order valence-electron chi connectivity index (χ0n) is 10.7. The van der Waals surface area contributed by atoms with Gasteiger partial charge in [0.15, 0.2) is 0 Å². The third-order valence-corrected chi connectivity index (χ3v) is 3.86. The van der Waals surface area contributed by atoms with Crippen molar-refractivity contribution in [2.45, 2.75) is 12.8 Å². The molecule has 3 nitrogen and oxygen atoms in total. The van der Waals surface area contributed by atoms with Gasteiger partial charge in [-0.25, -0.2) is 0 Å². The molecule has 0 saturated carbocycles. The molecular weight excluding hydrogens is 292 g/mol. The second-order valence-electron chi connectivity index (χ2n) is 4.94. The number of benzene rings is 1. The van der Waals surface area contributed by atoms with Gasteiger partial charge < -0.3 is 10.2 Å². The van der Waals surface area contributed by atoms with Crippen LogP contribution in [0.1, 0.15) is 12.0 Å². The third kappa shape index (κ3) is 3.82. The highest BCUT2D eigenvalue weighted by atomic mass is 79.9. The van der Waals surface area contributed by atoms with Crippen molar-refractivity contribution in [3.8, 4) is 0 Å². The predicted octanol–water partition coefficient (Wildman–Crippen LogP) is 2.06. The molecule has 0 aromatic heterocycles. The smallest absolute Gasteiger partial charge is 0.226 e. The Morgan fingerprint density at radius 1 is 1.56 bits per heavy atom. The van der Waals surface area contributed by atoms with Crippen molar-refractivity contribution in [3.63, 3.8) is 0 Å². The van der Waals surface area contributed by atoms with Gasteiger partial charge in [-0.2, -0.15) is 0 Å². The van der Waals surface area contributed by atoms with Gasteiger partial charge in [0.1, 0.15) is 0 Å². The van der Waals surface area contributed by atoms with E-state index >= 15 is 0 Å². The molecule has 0 aliphatic carbocycles. The first kappa shape index (κ1) is 13.6. The summed E-state index contributed by atoms with van der Waals surface area (Å²) in [6.07, 6.45) is 1.66. The molecule has 0 spiro atoms. The molecular formula is C14H19BrN2O. The van der Waals surface area contributed by atoms with Gasteiger partial charge in [0.05, 0.1) is 6.42 Å². The topological polar surface area (TPSA) is 32.3 Å². The average molecular weight is 311 g/mol. The van der Waals surface area contributed by atoms with E-state index in [0.717, 1.165) is 29.7 Å². The van der Waals surface area contributed by atoms with Gasteiger partial charge in [0, 0.05) is 18.1 Å². The van der Waals surface area contributed by atoms with Crippen LogP contribution in [0.2, 0.25) is 0 Å². The molecule has 0 radical (unpaired) electrons. The molecule has 18 heavy (non-hydrogen) atoms. The maximum absolute atomic E-state index is 12.1. The number of rotatable bonds is 4. The van der Waals surface area contributed by atoms with Crippen molar-refractivity contribution in [2.75, 3.05) is 26.7 Å². The zero-order chi connectivity index (χ0) is 13.0. The quantitative estimate of drug-likeness (QED) is 0.923. The van der Waals surface area contributed by atoms with Crippen LogP contribution in [-0.4, -0.2) is 37.5 Å². The number of halogens is 1. The summed E-state index contributed by atoms with van der Waals surface area (Å²) >= 11 is 3.43. The molecule has 4 heteroatoms. The minimum atomic E-state index is 0.194. The van der Waals surface area contributed by atoms with Crippen molar-refractivity contribution in [2.24, 2.45) is 5.92 Å². The molecule has 1 amide bonds. The summed E-state index contributed by atoms with van der Waals surface area (Å²) in [6.45, 7) is 2.98. The Bertz CT molecular complexity index is 416. The predicted molar refractivity (Wildman–Crippen MR) is 76.5 cm³/mol. The lowest BCUT2D eigenvalue weighted by atomic mass is 10.1. The highest BCUT2D eigenvalue weighted by molar-refractivity contribution is 9.10. The van der Waals surface area contributed by atoms with E-state index in [9.17, 15) is 4.79 Å². The Balaban J connectivity index is 1.86. The molecule has 1 aliphatic heterocycles. The lowest BCUT2D eigenvalue weighted by Gasteiger charge is -2.20. The largest absolute Gasteiger partial charge is 0.345 e. The number of likely N-dealkylation sites (N-methyl/N-ethyl adjacent to an activating group) is 1. The molecule has 1 heterocycles. The van der Waals surface area contributed by atoms with E-state index in [-0.39, 0.29) is 5.91 Å². The zero-order valence-corrected chi connectivity index (χ0v) is 12.2. The Morgan fingerprint density at radius 3 is 3.06 bits per heavy atom. The number of hydrogen-bond donors (Lipinski definition) is 1. The number of carbonyl (C=O) groups is 1. The highest BCUT2D eigenvalue weighted by Gasteiger charge is 2.19. The molecule has 2 rings (SSSR count). The Morgan fingerprint density at radius 2 is 2.39 bits per heavy atom. The van der Waals surface area contributed by atoms with Crippen molar-refractivity contribution < 1.29 is 4.79 Å². The number of nitrogens with one attached hydrogen (secondary N) is 1. The van der Waals surface area contributed by atoms with Crippen LogP contribution in [0.5, 0.6) is 0 Å². The summed E-state index contributed by atoms with van der Waals surface area (Å²) in [5, 5.41) is 3.33. The van der Waals surface area contributed by atoms with E-state index in [1.54, 1.807) is 0 Å². The van der Waals surface area contributed by atoms with Crippen molar-refractivity contribution in [1.29, 1.82) is 0 Å². The minimum absolute atomic E-state index is 0.194. The fourth-order valence-corrected chi connectivity index (χ4v) is 2.76. The number of amides is 1. The van der Waals surface area contributed by atoms with Crippen LogP contribution in [0.4, 0.5) is 0 Å². The fraction of sp³-hybridized carbons (Fsp3) is 0.500. The van der Waals surface area contributed by atoms with Gasteiger partial charge in [-0.3, -0.25) is 4.79 Å². The minimum Gasteiger partial charge on any atom is -0.345 e. The summed E-state index contributed by atoms with van der Waals surface area (Å²) in [5.74, 6) is 0.807. The summed E-state index contributed by atoms with van der Waals surface area (Å²) in [6, 6.07) is 7.94. The second-order valence-corrected chi connectivity index (χ2v) is 5.86. The van der Waals surface area contributed by atoms with Crippen LogP contribution in [-0.2, 0) is 11.2 Å². The maximum atomic E-state index is 12.1. The van der Waals surface area contributed by atoms with Gasteiger partial charge in [-0.1, -0.05) is 28.1 Å². The maximum Gasteiger partial charge on any atom is 0.226 e. The molecule has 1 aromatic rings. The Labute approximate surface area is 117 Å². The average Bonchev–Trinajstić information content (AvgIpc) is 2.81. The van der Waals surface area contributed by atoms with Crippen LogP contribution in [0.25, 0.3) is 0 Å². The molecule has 0 bridgehead atoms. The van der Waals surface area contributed by atoms with E-state index in [4.69, 9.17) is 0 Å². The Kier molecular flexibility index (Phi) is 4.78. The molecule has 1 aliphatic rings. The first-order valence-electron chi connectivity index (χ1n) is 6.34. The summed E-state index contributed by atoms with van der Waals surface area (Å²) < 4.78 is 1.02. The molecule has 1 aromatic carbocycles. The van der Waals surface area contributed by atoms with Crippen LogP contribution >= 0.6 is 15.9 Å². The first-order valence-corrected chi connectivity index (χ1v) is 7.13. The van der Waals surface area contributed by atoms with Crippen LogP contribution in [0.3, 0.4) is 0 Å². The van der Waals surface area contributed by atoms with E-state index in [1.165, 1.54) is 6.42 Å². The molecule has 1 unspecified atom stereocenters. The van der Waals surface area contributed by atoms with Crippen molar-refractivity contribution in [3.05, 3.63) is 34.3 Å². The van der Waals surface area contributed by atoms with Crippen LogP contribution in [0, 0.1) is 5.92 Å². The third-order valence-electron chi connectivity index (χ3n) is 3.36. The Hall–Kier alpha value is -0.870. The number of carbonyl (C=O) groups excluding carboxylic acids is 1. The fourth-order valence-electron chi connectivity index (χ4n) is 2.32. The monoisotopic (exact) mass is 310 g/mol. The van der Waals surface area contributed by atoms with Gasteiger partial charge in [-0.05, 0) is 43.1 Å². The van der Waals surface area contributed by atoms with Gasteiger partial charge in [0.25, 0.3) is 0 Å². The first-order chi connectivity index (χ1) is 8.65. The van der Waals surface area contributed by atoms with Crippen LogP contribution in [0.15, 0.2) is 28.7 Å². The van der Waals surface area contributed by atoms with E-state index in [1.807, 2.05) is 36.2 Å². The van der Waals surface area contributed by atoms with Crippen molar-refractivity contribution >= 4 is 21.8 Å². The van der Waals surface area contributed by atoms with Gasteiger partial charge in [0.2, 0.25) is 5.91 Å². The van der Waals surface area contributed by atoms with Crippen LogP contribution < -0.4 is 5.32 Å². The van der Waals surface area contributed by atoms with E-state index in [0.29, 0.717) is 12.3 Å². The molecule has 1 fully saturated rings. The van der Waals surface area contributed by atoms with Crippen molar-refractivity contribution in [1.82, 2.24) is 10.2 Å². The van der Waals surface area contributed by atoms with Gasteiger partial charge in [-0.15, -0.1) is 0 Å². The van der Waals surface area contributed by atoms with E-state index in [2.05, 4.69) is 21.2 Å². The summed E-state index contributed by atoms with van der Waals surface area (Å²) in [7, 11) is 1.90. The molecule has 98 valence electrons. The lowest BCUT2D eigenvalue weighted by molar-refractivity contribution is -0.129. The number of hydrogen-bond acceptors (Lipinski definition) is 2. The lowest BCUT2D eigenvalue weighted by Crippen LogP contribution is -2.33. The van der Waals surface area contributed by atoms with E-state index < -0.39 is 0 Å². The molecule has 1 atom stereocenters. The highest BCUT2D eigenvalue weighted by Crippen LogP contribution is 2.14. The molecule has 1 N–H and O–H groups in total. The number of nitrogens with zero attached hydrogens (tertiary/aromatic N) is 1. The standard InChI is InChI=1S/C14H19BrN2O/c1-17(10-12-5-6-16-9-12)14(18)8-11-3-2-4-13(15)7-11/h2-4,7,12,16H,5-6,8-10H2,1H3. The molecule has 1 saturated heterocycles. The SMILES string of the molecule is CN(CC1CCNC1)C(=O)Cc1cccc(Br)c1. The van der Waals surface area contributed by atoms with Gasteiger partial charge >= 0.3 is 0 Å². The summed E-state index contributed by atoms with van der Waals surface area (Å²) in [5.41, 5.74) is 1.06.